The summed E-state index contributed by atoms with van der Waals surface area (Å²) in [5.41, 5.74) is 0. The highest BCUT2D eigenvalue weighted by Crippen LogP contribution is 2.14. The van der Waals surface area contributed by atoms with Gasteiger partial charge in [0.15, 0.2) is 0 Å². The van der Waals surface area contributed by atoms with Crippen LogP contribution in [0.2, 0.25) is 0 Å². The van der Waals surface area contributed by atoms with Crippen LogP contribution in [0, 0.1) is 0 Å². The fraction of sp³-hybridized carbons (Fsp3) is 0.913. The van der Waals surface area contributed by atoms with Crippen molar-refractivity contribution in [2.24, 2.45) is 0 Å². The molecule has 25 heavy (non-hydrogen) atoms. The molecule has 0 saturated carbocycles. The molecular weight excluding hydrogens is 306 g/mol. The third-order valence-electron chi connectivity index (χ3n) is 5.48. The van der Waals surface area contributed by atoms with Crippen molar-refractivity contribution < 1.29 is 9.59 Å². The molecule has 150 valence electrons. The number of quaternary nitrogens is 1. The molecule has 0 amide bonds. The number of aliphatic hydroxyl groups excluding tert-OH is 1. The molecule has 1 unspecified atom stereocenters. The summed E-state index contributed by atoms with van der Waals surface area (Å²) in [5.74, 6) is 0. The Labute approximate surface area is 159 Å². The maximum absolute atomic E-state index is 9.06. The third kappa shape index (κ3) is 16.9. The van der Waals surface area contributed by atoms with E-state index in [0.717, 1.165) is 24.0 Å². The van der Waals surface area contributed by atoms with Crippen LogP contribution >= 0.6 is 0 Å². The van der Waals surface area contributed by atoms with Crippen LogP contribution in [0.5, 0.6) is 0 Å². The van der Waals surface area contributed by atoms with Crippen molar-refractivity contribution in [3.8, 4) is 0 Å². The second kappa shape index (κ2) is 18.5. The van der Waals surface area contributed by atoms with Crippen molar-refractivity contribution in [2.45, 2.75) is 103 Å². The minimum absolute atomic E-state index is 0.309. The first-order valence-electron chi connectivity index (χ1n) is 11.2. The first kappa shape index (κ1) is 24.7. The minimum atomic E-state index is 0.309. The molecule has 0 aliphatic carbocycles. The van der Waals surface area contributed by atoms with Crippen LogP contribution in [0.1, 0.15) is 103 Å². The molecule has 2 nitrogen and oxygen atoms in total. The van der Waals surface area contributed by atoms with Gasteiger partial charge in [0, 0.05) is 13.0 Å². The summed E-state index contributed by atoms with van der Waals surface area (Å²) in [7, 11) is 2.31. The van der Waals surface area contributed by atoms with Gasteiger partial charge in [-0.3, -0.25) is 0 Å². The number of nitrogens with zero attached hydrogens (tertiary/aromatic N) is 1. The van der Waals surface area contributed by atoms with Crippen molar-refractivity contribution in [2.75, 3.05) is 33.3 Å². The van der Waals surface area contributed by atoms with Crippen LogP contribution in [-0.4, -0.2) is 42.9 Å². The molecule has 0 rings (SSSR count). The van der Waals surface area contributed by atoms with Crippen LogP contribution in [0.4, 0.5) is 0 Å². The van der Waals surface area contributed by atoms with Crippen molar-refractivity contribution in [1.82, 2.24) is 0 Å². The molecular formula is C23H48NO+. The zero-order valence-corrected chi connectivity index (χ0v) is 17.6. The Morgan fingerprint density at radius 3 is 1.48 bits per heavy atom. The maximum Gasteiger partial charge on any atom is 0.0969 e. The molecule has 0 fully saturated rings. The topological polar surface area (TPSA) is 20.2 Å². The van der Waals surface area contributed by atoms with E-state index in [1.54, 1.807) is 0 Å². The second-order valence-corrected chi connectivity index (χ2v) is 8.21. The number of rotatable bonds is 20. The lowest BCUT2D eigenvalue weighted by Crippen LogP contribution is -2.45. The zero-order valence-electron chi connectivity index (χ0n) is 17.6. The van der Waals surface area contributed by atoms with Crippen molar-refractivity contribution in [3.63, 3.8) is 0 Å². The first-order valence-corrected chi connectivity index (χ1v) is 11.2. The highest BCUT2D eigenvalue weighted by atomic mass is 16.3. The van der Waals surface area contributed by atoms with Gasteiger partial charge in [-0.05, 0) is 18.9 Å². The number of hydrogen-bond acceptors (Lipinski definition) is 1. The largest absolute Gasteiger partial charge is 0.396 e. The fourth-order valence-corrected chi connectivity index (χ4v) is 3.75. The van der Waals surface area contributed by atoms with E-state index < -0.39 is 0 Å². The highest BCUT2D eigenvalue weighted by Gasteiger charge is 2.18. The van der Waals surface area contributed by atoms with Crippen LogP contribution in [0.3, 0.4) is 0 Å². The fourth-order valence-electron chi connectivity index (χ4n) is 3.75. The lowest BCUT2D eigenvalue weighted by molar-refractivity contribution is -0.904. The number of unbranched alkanes of at least 4 members (excludes halogenated alkanes) is 13. The molecule has 1 N–H and O–H groups in total. The van der Waals surface area contributed by atoms with Crippen molar-refractivity contribution in [1.29, 1.82) is 0 Å². The maximum atomic E-state index is 9.06. The van der Waals surface area contributed by atoms with E-state index in [-0.39, 0.29) is 0 Å². The molecule has 0 saturated heterocycles. The van der Waals surface area contributed by atoms with Crippen LogP contribution < -0.4 is 0 Å². The summed E-state index contributed by atoms with van der Waals surface area (Å²) >= 11 is 0. The van der Waals surface area contributed by atoms with E-state index in [0.29, 0.717) is 6.61 Å². The Morgan fingerprint density at radius 2 is 1.08 bits per heavy atom. The lowest BCUT2D eigenvalue weighted by Gasteiger charge is -2.33. The lowest BCUT2D eigenvalue weighted by atomic mass is 10.0. The molecule has 0 aromatic heterocycles. The predicted molar refractivity (Wildman–Crippen MR) is 113 cm³/mol. The summed E-state index contributed by atoms with van der Waals surface area (Å²) in [6.45, 7) is 9.81. The smallest absolute Gasteiger partial charge is 0.0969 e. The monoisotopic (exact) mass is 354 g/mol. The standard InChI is InChI=1S/C23H48NO/c1-4-6-7-8-9-10-11-12-13-14-15-16-17-18-21-24(3,20-5-2)22-19-23-25/h5,25H,2,4,6-23H2,1,3H3/q+1. The van der Waals surface area contributed by atoms with E-state index in [1.807, 2.05) is 6.08 Å². The van der Waals surface area contributed by atoms with Gasteiger partial charge < -0.3 is 9.59 Å². The minimum Gasteiger partial charge on any atom is -0.396 e. The Bertz CT molecular complexity index is 279. The van der Waals surface area contributed by atoms with Gasteiger partial charge in [0.05, 0.1) is 26.7 Å². The van der Waals surface area contributed by atoms with Crippen LogP contribution in [0.25, 0.3) is 0 Å². The Balaban J connectivity index is 3.38. The van der Waals surface area contributed by atoms with E-state index >= 15 is 0 Å². The Morgan fingerprint density at radius 1 is 0.680 bits per heavy atom. The summed E-state index contributed by atoms with van der Waals surface area (Å²) in [5, 5.41) is 9.06. The molecule has 0 heterocycles. The average Bonchev–Trinajstić information content (AvgIpc) is 2.60. The van der Waals surface area contributed by atoms with E-state index in [1.165, 1.54) is 96.4 Å². The summed E-state index contributed by atoms with van der Waals surface area (Å²) in [4.78, 5) is 0. The van der Waals surface area contributed by atoms with Gasteiger partial charge in [-0.1, -0.05) is 90.6 Å². The summed E-state index contributed by atoms with van der Waals surface area (Å²) in [6.07, 6.45) is 22.8. The first-order chi connectivity index (χ1) is 12.2. The number of aliphatic hydroxyl groups is 1. The van der Waals surface area contributed by atoms with Gasteiger partial charge in [-0.25, -0.2) is 0 Å². The molecule has 0 aliphatic heterocycles. The Kier molecular flexibility index (Phi) is 18.2. The molecule has 0 aromatic carbocycles. The molecule has 0 aromatic rings. The predicted octanol–water partition coefficient (Wildman–Crippen LogP) is 6.48. The Hall–Kier alpha value is -0.340. The van der Waals surface area contributed by atoms with Gasteiger partial charge in [-0.15, -0.1) is 0 Å². The summed E-state index contributed by atoms with van der Waals surface area (Å²) in [6, 6.07) is 0. The van der Waals surface area contributed by atoms with E-state index in [9.17, 15) is 0 Å². The molecule has 0 radical (unpaired) electrons. The second-order valence-electron chi connectivity index (χ2n) is 8.21. The summed E-state index contributed by atoms with van der Waals surface area (Å²) < 4.78 is 1.04. The van der Waals surface area contributed by atoms with Gasteiger partial charge in [0.2, 0.25) is 0 Å². The molecule has 0 aliphatic rings. The zero-order chi connectivity index (χ0) is 18.6. The third-order valence-corrected chi connectivity index (χ3v) is 5.48. The van der Waals surface area contributed by atoms with Gasteiger partial charge >= 0.3 is 0 Å². The molecule has 1 atom stereocenters. The number of likely N-dealkylation sites (N-methyl/N-ethyl adjacent to an activating group) is 1. The van der Waals surface area contributed by atoms with Gasteiger partial charge in [0.25, 0.3) is 0 Å². The van der Waals surface area contributed by atoms with Crippen LogP contribution in [0.15, 0.2) is 12.7 Å². The molecule has 0 bridgehead atoms. The van der Waals surface area contributed by atoms with Crippen molar-refractivity contribution >= 4 is 0 Å². The van der Waals surface area contributed by atoms with Crippen molar-refractivity contribution in [3.05, 3.63) is 12.7 Å². The highest BCUT2D eigenvalue weighted by molar-refractivity contribution is 4.65. The average molecular weight is 355 g/mol. The SMILES string of the molecule is C=CC[N+](C)(CCCO)CCCCCCCCCCCCCCCC. The number of hydrogen-bond donors (Lipinski definition) is 1. The van der Waals surface area contributed by atoms with Gasteiger partial charge in [-0.2, -0.15) is 0 Å². The molecule has 2 heteroatoms. The van der Waals surface area contributed by atoms with E-state index in [2.05, 4.69) is 20.6 Å². The van der Waals surface area contributed by atoms with Gasteiger partial charge in [0.1, 0.15) is 0 Å². The van der Waals surface area contributed by atoms with Crippen LogP contribution in [-0.2, 0) is 0 Å². The van der Waals surface area contributed by atoms with E-state index in [4.69, 9.17) is 5.11 Å². The quantitative estimate of drug-likeness (QED) is 0.151. The normalized spacial score (nSPS) is 13.7. The molecule has 0 spiro atoms.